The van der Waals surface area contributed by atoms with Crippen molar-refractivity contribution < 1.29 is 0 Å². The van der Waals surface area contributed by atoms with Crippen LogP contribution in [0.15, 0.2) is 24.5 Å². The van der Waals surface area contributed by atoms with Crippen molar-refractivity contribution in [3.63, 3.8) is 0 Å². The van der Waals surface area contributed by atoms with Gasteiger partial charge in [0.1, 0.15) is 0 Å². The van der Waals surface area contributed by atoms with E-state index in [1.165, 1.54) is 24.8 Å². The highest BCUT2D eigenvalue weighted by Gasteiger charge is 2.19. The molecule has 1 aromatic rings. The number of nitrogens with zero attached hydrogens (tertiary/aromatic N) is 1. The lowest BCUT2D eigenvalue weighted by Crippen LogP contribution is -2.29. The molecule has 1 heterocycles. The molecule has 1 saturated carbocycles. The second-order valence-electron chi connectivity index (χ2n) is 4.44. The Morgan fingerprint density at radius 1 is 1.25 bits per heavy atom. The fourth-order valence-corrected chi connectivity index (χ4v) is 1.74. The van der Waals surface area contributed by atoms with Gasteiger partial charge in [-0.25, -0.2) is 0 Å². The number of hydrogen-bond donors (Lipinski definition) is 2. The van der Waals surface area contributed by atoms with Crippen LogP contribution >= 0.6 is 0 Å². The number of hydrogen-bond acceptors (Lipinski definition) is 3. The predicted molar refractivity (Wildman–Crippen MR) is 66.5 cm³/mol. The Morgan fingerprint density at radius 2 is 2.19 bits per heavy atom. The van der Waals surface area contributed by atoms with Gasteiger partial charge in [-0.15, -0.1) is 0 Å². The van der Waals surface area contributed by atoms with Gasteiger partial charge in [0.25, 0.3) is 0 Å². The topological polar surface area (TPSA) is 37.0 Å². The Bertz CT molecular complexity index is 282. The van der Waals surface area contributed by atoms with Crippen LogP contribution in [0.25, 0.3) is 0 Å². The molecule has 3 heteroatoms. The molecule has 0 bridgehead atoms. The molecule has 1 fully saturated rings. The molecule has 0 saturated heterocycles. The quantitative estimate of drug-likeness (QED) is 0.648. The molecule has 2 rings (SSSR count). The van der Waals surface area contributed by atoms with E-state index >= 15 is 0 Å². The third-order valence-corrected chi connectivity index (χ3v) is 2.85. The van der Waals surface area contributed by atoms with Crippen molar-refractivity contribution in [2.45, 2.75) is 31.7 Å². The first kappa shape index (κ1) is 11.6. The summed E-state index contributed by atoms with van der Waals surface area (Å²) in [6.45, 7) is 3.29. The molecule has 0 aromatic carbocycles. The number of aryl methyl sites for hydroxylation is 1. The lowest BCUT2D eigenvalue weighted by atomic mass is 10.1. The molecule has 3 nitrogen and oxygen atoms in total. The van der Waals surface area contributed by atoms with Crippen LogP contribution in [0.4, 0.5) is 0 Å². The van der Waals surface area contributed by atoms with Gasteiger partial charge in [-0.3, -0.25) is 4.98 Å². The zero-order chi connectivity index (χ0) is 11.1. The molecule has 0 aliphatic heterocycles. The molecule has 1 aliphatic carbocycles. The third-order valence-electron chi connectivity index (χ3n) is 2.85. The summed E-state index contributed by atoms with van der Waals surface area (Å²) in [7, 11) is 0. The fraction of sp³-hybridized carbons (Fsp3) is 0.615. The van der Waals surface area contributed by atoms with Gasteiger partial charge >= 0.3 is 0 Å². The molecule has 16 heavy (non-hydrogen) atoms. The first-order chi connectivity index (χ1) is 7.95. The lowest BCUT2D eigenvalue weighted by Gasteiger charge is -2.05. The van der Waals surface area contributed by atoms with Gasteiger partial charge in [-0.05, 0) is 43.9 Å². The van der Waals surface area contributed by atoms with Gasteiger partial charge in [-0.2, -0.15) is 0 Å². The molecule has 0 amide bonds. The van der Waals surface area contributed by atoms with E-state index in [1.54, 1.807) is 0 Å². The molecule has 2 N–H and O–H groups in total. The average molecular weight is 219 g/mol. The summed E-state index contributed by atoms with van der Waals surface area (Å²) in [5.41, 5.74) is 1.33. The van der Waals surface area contributed by atoms with Gasteiger partial charge in [0.05, 0.1) is 0 Å². The van der Waals surface area contributed by atoms with Crippen molar-refractivity contribution in [1.29, 1.82) is 0 Å². The lowest BCUT2D eigenvalue weighted by molar-refractivity contribution is 0.594. The molecule has 88 valence electrons. The first-order valence-electron chi connectivity index (χ1n) is 6.28. The monoisotopic (exact) mass is 219 g/mol. The zero-order valence-corrected chi connectivity index (χ0v) is 9.78. The van der Waals surface area contributed by atoms with E-state index < -0.39 is 0 Å². The van der Waals surface area contributed by atoms with Gasteiger partial charge in [0, 0.05) is 31.5 Å². The van der Waals surface area contributed by atoms with E-state index in [0.29, 0.717) is 0 Å². The number of rotatable bonds is 8. The van der Waals surface area contributed by atoms with Crippen LogP contribution < -0.4 is 10.6 Å². The van der Waals surface area contributed by atoms with E-state index in [1.807, 2.05) is 18.5 Å². The van der Waals surface area contributed by atoms with Crippen molar-refractivity contribution in [3.8, 4) is 0 Å². The molecular formula is C13H21N3. The van der Waals surface area contributed by atoms with E-state index in [0.717, 1.165) is 32.1 Å². The maximum Gasteiger partial charge on any atom is 0.0299 e. The Morgan fingerprint density at radius 3 is 2.94 bits per heavy atom. The SMILES string of the molecule is c1cncc(CCCNCCNC2CC2)c1. The molecular weight excluding hydrogens is 198 g/mol. The Kier molecular flexibility index (Phi) is 4.77. The summed E-state index contributed by atoms with van der Waals surface area (Å²) in [6, 6.07) is 4.97. The maximum absolute atomic E-state index is 4.11. The van der Waals surface area contributed by atoms with Crippen molar-refractivity contribution in [2.75, 3.05) is 19.6 Å². The van der Waals surface area contributed by atoms with E-state index in [4.69, 9.17) is 0 Å². The van der Waals surface area contributed by atoms with Gasteiger partial charge in [0.15, 0.2) is 0 Å². The molecule has 0 unspecified atom stereocenters. The van der Waals surface area contributed by atoms with Crippen molar-refractivity contribution in [1.82, 2.24) is 15.6 Å². The Hall–Kier alpha value is -0.930. The largest absolute Gasteiger partial charge is 0.315 e. The number of aromatic nitrogens is 1. The summed E-state index contributed by atoms with van der Waals surface area (Å²) in [5, 5.41) is 6.95. The molecule has 1 aromatic heterocycles. The van der Waals surface area contributed by atoms with Crippen LogP contribution in [0, 0.1) is 0 Å². The van der Waals surface area contributed by atoms with E-state index in [2.05, 4.69) is 21.7 Å². The summed E-state index contributed by atoms with van der Waals surface area (Å²) < 4.78 is 0. The smallest absolute Gasteiger partial charge is 0.0299 e. The molecule has 0 atom stereocenters. The minimum atomic E-state index is 0.831. The highest BCUT2D eigenvalue weighted by molar-refractivity contribution is 5.08. The van der Waals surface area contributed by atoms with E-state index in [-0.39, 0.29) is 0 Å². The predicted octanol–water partition coefficient (Wildman–Crippen LogP) is 1.36. The summed E-state index contributed by atoms with van der Waals surface area (Å²) >= 11 is 0. The second kappa shape index (κ2) is 6.61. The van der Waals surface area contributed by atoms with E-state index in [9.17, 15) is 0 Å². The minimum Gasteiger partial charge on any atom is -0.315 e. The van der Waals surface area contributed by atoms with Crippen molar-refractivity contribution in [2.24, 2.45) is 0 Å². The second-order valence-corrected chi connectivity index (χ2v) is 4.44. The van der Waals surface area contributed by atoms with Crippen LogP contribution in [0.1, 0.15) is 24.8 Å². The minimum absolute atomic E-state index is 0.831. The van der Waals surface area contributed by atoms with Crippen LogP contribution in [-0.4, -0.2) is 30.7 Å². The van der Waals surface area contributed by atoms with Crippen molar-refractivity contribution >= 4 is 0 Å². The zero-order valence-electron chi connectivity index (χ0n) is 9.78. The average Bonchev–Trinajstić information content (AvgIpc) is 3.13. The van der Waals surface area contributed by atoms with Gasteiger partial charge in [-0.1, -0.05) is 6.07 Å². The van der Waals surface area contributed by atoms with Crippen LogP contribution in [-0.2, 0) is 6.42 Å². The number of nitrogens with one attached hydrogen (secondary N) is 2. The molecule has 0 radical (unpaired) electrons. The molecule has 0 spiro atoms. The van der Waals surface area contributed by atoms with Crippen molar-refractivity contribution in [3.05, 3.63) is 30.1 Å². The number of pyridine rings is 1. The summed E-state index contributed by atoms with van der Waals surface area (Å²) in [4.78, 5) is 4.11. The van der Waals surface area contributed by atoms with Crippen LogP contribution in [0.5, 0.6) is 0 Å². The van der Waals surface area contributed by atoms with Crippen LogP contribution in [0.2, 0.25) is 0 Å². The van der Waals surface area contributed by atoms with Gasteiger partial charge in [0.2, 0.25) is 0 Å². The van der Waals surface area contributed by atoms with Crippen LogP contribution in [0.3, 0.4) is 0 Å². The highest BCUT2D eigenvalue weighted by atomic mass is 15.0. The Balaban J connectivity index is 1.42. The maximum atomic E-state index is 4.11. The summed E-state index contributed by atoms with van der Waals surface area (Å²) in [5.74, 6) is 0. The summed E-state index contributed by atoms with van der Waals surface area (Å²) in [6.07, 6.45) is 8.84. The fourth-order valence-electron chi connectivity index (χ4n) is 1.74. The molecule has 1 aliphatic rings. The Labute approximate surface area is 97.7 Å². The highest BCUT2D eigenvalue weighted by Crippen LogP contribution is 2.17. The third kappa shape index (κ3) is 4.73. The standard InChI is InChI=1S/C13H21N3/c1(3-12-4-2-8-15-11-12)7-14-9-10-16-13-5-6-13/h2,4,8,11,13-14,16H,1,3,5-7,9-10H2. The normalized spacial score (nSPS) is 15.2. The van der Waals surface area contributed by atoms with Gasteiger partial charge < -0.3 is 10.6 Å². The first-order valence-corrected chi connectivity index (χ1v) is 6.28.